The van der Waals surface area contributed by atoms with Crippen LogP contribution in [-0.2, 0) is 10.2 Å². The third-order valence-corrected chi connectivity index (χ3v) is 5.49. The minimum Gasteiger partial charge on any atom is -0.383 e. The summed E-state index contributed by atoms with van der Waals surface area (Å²) in [6.07, 6.45) is 0. The summed E-state index contributed by atoms with van der Waals surface area (Å²) in [4.78, 5) is 14.7. The first-order valence-electron chi connectivity index (χ1n) is 9.30. The first kappa shape index (κ1) is 21.1. The Morgan fingerprint density at radius 3 is 2.31 bits per heavy atom. The summed E-state index contributed by atoms with van der Waals surface area (Å²) >= 11 is 1.29. The van der Waals surface area contributed by atoms with Gasteiger partial charge in [-0.25, -0.2) is 4.39 Å². The molecule has 1 amide bonds. The molecule has 2 aromatic carbocycles. The molecule has 3 rings (SSSR count). The molecule has 1 heterocycles. The van der Waals surface area contributed by atoms with Crippen LogP contribution in [0.5, 0.6) is 0 Å². The molecule has 7 heteroatoms. The van der Waals surface area contributed by atoms with Gasteiger partial charge >= 0.3 is 0 Å². The van der Waals surface area contributed by atoms with Gasteiger partial charge in [-0.05, 0) is 47.4 Å². The van der Waals surface area contributed by atoms with Crippen molar-refractivity contribution in [2.75, 3.05) is 25.2 Å². The minimum atomic E-state index is -0.311. The SMILES string of the molecule is COCCN(C(=O)c1ccc(C(C)(C)C)cc1)c1nnc(-c2ccc(F)cc2)s1. The van der Waals surface area contributed by atoms with Crippen LogP contribution in [-0.4, -0.2) is 36.4 Å². The molecule has 5 nitrogen and oxygen atoms in total. The number of methoxy groups -OCH3 is 1. The van der Waals surface area contributed by atoms with Gasteiger partial charge in [-0.15, -0.1) is 10.2 Å². The lowest BCUT2D eigenvalue weighted by Crippen LogP contribution is -2.34. The average molecular weight is 414 g/mol. The molecule has 3 aromatic rings. The molecule has 0 saturated heterocycles. The van der Waals surface area contributed by atoms with Gasteiger partial charge in [-0.1, -0.05) is 44.2 Å². The summed E-state index contributed by atoms with van der Waals surface area (Å²) in [6, 6.07) is 13.7. The van der Waals surface area contributed by atoms with Gasteiger partial charge in [-0.2, -0.15) is 0 Å². The third kappa shape index (κ3) is 5.05. The highest BCUT2D eigenvalue weighted by atomic mass is 32.1. The monoisotopic (exact) mass is 413 g/mol. The van der Waals surface area contributed by atoms with Crippen molar-refractivity contribution in [1.82, 2.24) is 10.2 Å². The highest BCUT2D eigenvalue weighted by Crippen LogP contribution is 2.30. The summed E-state index contributed by atoms with van der Waals surface area (Å²) in [7, 11) is 1.59. The Labute approximate surface area is 174 Å². The Balaban J connectivity index is 1.88. The van der Waals surface area contributed by atoms with Crippen molar-refractivity contribution in [3.05, 3.63) is 65.5 Å². The Hall–Kier alpha value is -2.64. The second-order valence-electron chi connectivity index (χ2n) is 7.67. The van der Waals surface area contributed by atoms with Gasteiger partial charge in [0, 0.05) is 18.2 Å². The standard InChI is InChI=1S/C22H24FN3O2S/c1-22(2,3)17-9-5-16(6-10-17)20(27)26(13-14-28-4)21-25-24-19(29-21)15-7-11-18(23)12-8-15/h5-12H,13-14H2,1-4H3. The fourth-order valence-electron chi connectivity index (χ4n) is 2.77. The van der Waals surface area contributed by atoms with Crippen molar-refractivity contribution in [1.29, 1.82) is 0 Å². The van der Waals surface area contributed by atoms with Crippen molar-refractivity contribution < 1.29 is 13.9 Å². The topological polar surface area (TPSA) is 55.3 Å². The summed E-state index contributed by atoms with van der Waals surface area (Å²) in [5.41, 5.74) is 2.50. The van der Waals surface area contributed by atoms with E-state index in [1.807, 2.05) is 24.3 Å². The quantitative estimate of drug-likeness (QED) is 0.575. The number of nitrogens with zero attached hydrogens (tertiary/aromatic N) is 3. The molecule has 0 spiro atoms. The zero-order valence-corrected chi connectivity index (χ0v) is 17.8. The maximum Gasteiger partial charge on any atom is 0.260 e. The number of rotatable bonds is 6. The Kier molecular flexibility index (Phi) is 6.39. The van der Waals surface area contributed by atoms with Crippen molar-refractivity contribution in [2.45, 2.75) is 26.2 Å². The van der Waals surface area contributed by atoms with Crippen molar-refractivity contribution >= 4 is 22.4 Å². The molecule has 1 aromatic heterocycles. The fraction of sp³-hybridized carbons (Fsp3) is 0.318. The number of hydrogen-bond donors (Lipinski definition) is 0. The summed E-state index contributed by atoms with van der Waals surface area (Å²) in [5, 5.41) is 9.48. The smallest absolute Gasteiger partial charge is 0.260 e. The number of benzene rings is 2. The number of aromatic nitrogens is 2. The number of amides is 1. The van der Waals surface area contributed by atoms with Crippen LogP contribution in [0.2, 0.25) is 0 Å². The number of anilines is 1. The maximum absolute atomic E-state index is 13.2. The molecular formula is C22H24FN3O2S. The zero-order chi connectivity index (χ0) is 21.0. The maximum atomic E-state index is 13.2. The van der Waals surface area contributed by atoms with Crippen LogP contribution in [0.1, 0.15) is 36.7 Å². The lowest BCUT2D eigenvalue weighted by Gasteiger charge is -2.21. The van der Waals surface area contributed by atoms with E-state index >= 15 is 0 Å². The van der Waals surface area contributed by atoms with E-state index in [9.17, 15) is 9.18 Å². The largest absolute Gasteiger partial charge is 0.383 e. The van der Waals surface area contributed by atoms with Crippen LogP contribution in [0.15, 0.2) is 48.5 Å². The molecule has 0 saturated carbocycles. The number of ether oxygens (including phenoxy) is 1. The Morgan fingerprint density at radius 2 is 1.72 bits per heavy atom. The number of carbonyl (C=O) groups is 1. The Morgan fingerprint density at radius 1 is 1.07 bits per heavy atom. The molecule has 152 valence electrons. The van der Waals surface area contributed by atoms with E-state index in [0.717, 1.165) is 11.1 Å². The van der Waals surface area contributed by atoms with Gasteiger partial charge in [0.15, 0.2) is 0 Å². The van der Waals surface area contributed by atoms with Crippen LogP contribution in [0.25, 0.3) is 10.6 Å². The molecule has 0 bridgehead atoms. The molecule has 0 fully saturated rings. The van der Waals surface area contributed by atoms with Gasteiger partial charge in [0.2, 0.25) is 5.13 Å². The first-order valence-corrected chi connectivity index (χ1v) is 10.1. The molecule has 0 atom stereocenters. The van der Waals surface area contributed by atoms with E-state index < -0.39 is 0 Å². The first-order chi connectivity index (χ1) is 13.8. The van der Waals surface area contributed by atoms with Crippen LogP contribution in [0, 0.1) is 5.82 Å². The molecule has 0 radical (unpaired) electrons. The second kappa shape index (κ2) is 8.80. The van der Waals surface area contributed by atoms with E-state index in [2.05, 4.69) is 31.0 Å². The normalized spacial score (nSPS) is 11.5. The highest BCUT2D eigenvalue weighted by Gasteiger charge is 2.23. The minimum absolute atomic E-state index is 0.0145. The van der Waals surface area contributed by atoms with Gasteiger partial charge in [0.05, 0.1) is 13.2 Å². The number of halogens is 1. The van der Waals surface area contributed by atoms with Crippen LogP contribution in [0.3, 0.4) is 0 Å². The van der Waals surface area contributed by atoms with Gasteiger partial charge in [0.25, 0.3) is 5.91 Å². The molecule has 29 heavy (non-hydrogen) atoms. The molecule has 0 N–H and O–H groups in total. The molecule has 0 aliphatic heterocycles. The van der Waals surface area contributed by atoms with Crippen molar-refractivity contribution in [3.63, 3.8) is 0 Å². The lowest BCUT2D eigenvalue weighted by atomic mass is 9.86. The molecule has 0 aliphatic rings. The average Bonchev–Trinajstić information content (AvgIpc) is 3.18. The number of carbonyl (C=O) groups excluding carboxylic acids is 1. The summed E-state index contributed by atoms with van der Waals surface area (Å²) < 4.78 is 18.3. The van der Waals surface area contributed by atoms with Gasteiger partial charge < -0.3 is 4.74 Å². The van der Waals surface area contributed by atoms with Crippen molar-refractivity contribution in [2.24, 2.45) is 0 Å². The van der Waals surface area contributed by atoms with Crippen LogP contribution < -0.4 is 4.90 Å². The van der Waals surface area contributed by atoms with Crippen molar-refractivity contribution in [3.8, 4) is 10.6 Å². The van der Waals surface area contributed by atoms with E-state index in [0.29, 0.717) is 28.9 Å². The fourth-order valence-corrected chi connectivity index (χ4v) is 3.64. The lowest BCUT2D eigenvalue weighted by molar-refractivity contribution is 0.0975. The number of hydrogen-bond acceptors (Lipinski definition) is 5. The van der Waals surface area contributed by atoms with E-state index in [4.69, 9.17) is 4.74 Å². The second-order valence-corrected chi connectivity index (χ2v) is 8.63. The summed E-state index contributed by atoms with van der Waals surface area (Å²) in [6.45, 7) is 7.12. The van der Waals surface area contributed by atoms with Gasteiger partial charge in [0.1, 0.15) is 10.8 Å². The summed E-state index contributed by atoms with van der Waals surface area (Å²) in [5.74, 6) is -0.474. The molecule has 0 unspecified atom stereocenters. The van der Waals surface area contributed by atoms with E-state index in [1.165, 1.54) is 23.5 Å². The van der Waals surface area contributed by atoms with Crippen LogP contribution >= 0.6 is 11.3 Å². The third-order valence-electron chi connectivity index (χ3n) is 4.50. The predicted octanol–water partition coefficient (Wildman–Crippen LogP) is 4.93. The molecular weight excluding hydrogens is 389 g/mol. The highest BCUT2D eigenvalue weighted by molar-refractivity contribution is 7.18. The molecule has 0 aliphatic carbocycles. The van der Waals surface area contributed by atoms with E-state index in [-0.39, 0.29) is 17.1 Å². The Bertz CT molecular complexity index is 963. The van der Waals surface area contributed by atoms with Gasteiger partial charge in [-0.3, -0.25) is 9.69 Å². The zero-order valence-electron chi connectivity index (χ0n) is 17.0. The predicted molar refractivity (Wildman–Crippen MR) is 114 cm³/mol. The van der Waals surface area contributed by atoms with E-state index in [1.54, 1.807) is 24.1 Å². The van der Waals surface area contributed by atoms with Crippen LogP contribution in [0.4, 0.5) is 9.52 Å².